The molecule has 1 atom stereocenters. The number of nitrogens with one attached hydrogen (secondary N) is 1. The van der Waals surface area contributed by atoms with Crippen molar-refractivity contribution in [3.63, 3.8) is 0 Å². The molecule has 1 saturated carbocycles. The molecule has 1 aromatic carbocycles. The van der Waals surface area contributed by atoms with Crippen molar-refractivity contribution in [1.82, 2.24) is 5.32 Å². The number of Topliss-reactive ketones (excluding diaryl/α,β-unsaturated/α-hetero) is 1. The molecule has 1 unspecified atom stereocenters. The standard InChI is InChI=1S/C16H18N2O4/c1-9(16(21)17-12-4-5-12)18-13-7-11(10(2)19)3-6-14(13)22-8-15(18)20/h3,6-7,9,12H,4-5,8H2,1-2H3,(H,17,21). The van der Waals surface area contributed by atoms with Gasteiger partial charge in [0.05, 0.1) is 5.69 Å². The van der Waals surface area contributed by atoms with E-state index in [1.165, 1.54) is 11.8 Å². The third-order valence-electron chi connectivity index (χ3n) is 3.94. The van der Waals surface area contributed by atoms with Crippen molar-refractivity contribution in [2.75, 3.05) is 11.5 Å². The Morgan fingerprint density at radius 2 is 2.09 bits per heavy atom. The quantitative estimate of drug-likeness (QED) is 0.850. The van der Waals surface area contributed by atoms with E-state index in [-0.39, 0.29) is 30.2 Å². The number of nitrogens with zero attached hydrogens (tertiary/aromatic N) is 1. The van der Waals surface area contributed by atoms with Crippen LogP contribution in [0.3, 0.4) is 0 Å². The predicted molar refractivity (Wildman–Crippen MR) is 80.1 cm³/mol. The minimum absolute atomic E-state index is 0.101. The normalized spacial score (nSPS) is 18.3. The number of rotatable bonds is 4. The van der Waals surface area contributed by atoms with Gasteiger partial charge in [-0.25, -0.2) is 0 Å². The minimum atomic E-state index is -0.641. The minimum Gasteiger partial charge on any atom is -0.482 e. The van der Waals surface area contributed by atoms with Gasteiger partial charge >= 0.3 is 0 Å². The SMILES string of the molecule is CC(=O)c1ccc2c(c1)N(C(C)C(=O)NC1CC1)C(=O)CO2. The van der Waals surface area contributed by atoms with E-state index in [2.05, 4.69) is 5.32 Å². The van der Waals surface area contributed by atoms with Crippen LogP contribution in [0.5, 0.6) is 5.75 Å². The van der Waals surface area contributed by atoms with E-state index >= 15 is 0 Å². The van der Waals surface area contributed by atoms with E-state index in [1.54, 1.807) is 25.1 Å². The van der Waals surface area contributed by atoms with Crippen LogP contribution in [0.2, 0.25) is 0 Å². The first-order chi connectivity index (χ1) is 10.5. The summed E-state index contributed by atoms with van der Waals surface area (Å²) in [6.45, 7) is 3.04. The molecule has 0 spiro atoms. The molecule has 22 heavy (non-hydrogen) atoms. The third-order valence-corrected chi connectivity index (χ3v) is 3.94. The third kappa shape index (κ3) is 2.68. The van der Waals surface area contributed by atoms with Crippen molar-refractivity contribution in [2.24, 2.45) is 0 Å². The predicted octanol–water partition coefficient (Wildman–Crippen LogP) is 1.28. The Bertz CT molecular complexity index is 652. The van der Waals surface area contributed by atoms with Gasteiger partial charge in [0, 0.05) is 11.6 Å². The fourth-order valence-corrected chi connectivity index (χ4v) is 2.48. The highest BCUT2D eigenvalue weighted by atomic mass is 16.5. The van der Waals surface area contributed by atoms with Gasteiger partial charge < -0.3 is 10.1 Å². The van der Waals surface area contributed by atoms with Crippen LogP contribution >= 0.6 is 0 Å². The van der Waals surface area contributed by atoms with Crippen LogP contribution in [-0.2, 0) is 9.59 Å². The molecule has 2 aliphatic rings. The van der Waals surface area contributed by atoms with Gasteiger partial charge in [-0.05, 0) is 44.9 Å². The summed E-state index contributed by atoms with van der Waals surface area (Å²) in [5, 5.41) is 2.90. The van der Waals surface area contributed by atoms with Crippen molar-refractivity contribution in [1.29, 1.82) is 0 Å². The first-order valence-corrected chi connectivity index (χ1v) is 7.37. The molecule has 6 heteroatoms. The number of hydrogen-bond acceptors (Lipinski definition) is 4. The number of ether oxygens (including phenoxy) is 1. The van der Waals surface area contributed by atoms with Crippen molar-refractivity contribution >= 4 is 23.3 Å². The van der Waals surface area contributed by atoms with Gasteiger partial charge in [0.15, 0.2) is 12.4 Å². The summed E-state index contributed by atoms with van der Waals surface area (Å²) < 4.78 is 5.39. The molecule has 0 aromatic heterocycles. The average Bonchev–Trinajstić information content (AvgIpc) is 3.29. The fourth-order valence-electron chi connectivity index (χ4n) is 2.48. The second kappa shape index (κ2) is 5.44. The van der Waals surface area contributed by atoms with Gasteiger partial charge in [0.25, 0.3) is 5.91 Å². The molecule has 0 saturated heterocycles. The van der Waals surface area contributed by atoms with E-state index in [4.69, 9.17) is 4.74 Å². The summed E-state index contributed by atoms with van der Waals surface area (Å²) in [4.78, 5) is 37.4. The molecule has 0 bridgehead atoms. The summed E-state index contributed by atoms with van der Waals surface area (Å²) in [5.74, 6) is -0.0601. The summed E-state index contributed by atoms with van der Waals surface area (Å²) in [5.41, 5.74) is 0.958. The largest absolute Gasteiger partial charge is 0.482 e. The van der Waals surface area contributed by atoms with E-state index < -0.39 is 6.04 Å². The van der Waals surface area contributed by atoms with E-state index in [0.29, 0.717) is 17.0 Å². The second-order valence-electron chi connectivity index (χ2n) is 5.75. The number of benzene rings is 1. The molecule has 2 amide bonds. The zero-order valence-electron chi connectivity index (χ0n) is 12.6. The van der Waals surface area contributed by atoms with E-state index in [0.717, 1.165) is 12.8 Å². The fraction of sp³-hybridized carbons (Fsp3) is 0.438. The molecule has 1 fully saturated rings. The smallest absolute Gasteiger partial charge is 0.265 e. The summed E-state index contributed by atoms with van der Waals surface area (Å²) >= 11 is 0. The van der Waals surface area contributed by atoms with Gasteiger partial charge in [-0.15, -0.1) is 0 Å². The molecule has 1 heterocycles. The number of fused-ring (bicyclic) bond motifs is 1. The molecule has 3 rings (SSSR count). The average molecular weight is 302 g/mol. The maximum Gasteiger partial charge on any atom is 0.265 e. The molecule has 6 nitrogen and oxygen atoms in total. The summed E-state index contributed by atoms with van der Waals surface area (Å²) in [6, 6.07) is 4.52. The number of anilines is 1. The maximum atomic E-state index is 12.3. The van der Waals surface area contributed by atoms with E-state index in [9.17, 15) is 14.4 Å². The van der Waals surface area contributed by atoms with E-state index in [1.807, 2.05) is 0 Å². The van der Waals surface area contributed by atoms with Crippen molar-refractivity contribution in [3.8, 4) is 5.75 Å². The Morgan fingerprint density at radius 1 is 1.36 bits per heavy atom. The van der Waals surface area contributed by atoms with Gasteiger partial charge in [-0.1, -0.05) is 0 Å². The summed E-state index contributed by atoms with van der Waals surface area (Å²) in [7, 11) is 0. The van der Waals surface area contributed by atoms with Gasteiger partial charge in [-0.2, -0.15) is 0 Å². The Morgan fingerprint density at radius 3 is 2.73 bits per heavy atom. The van der Waals surface area contributed by atoms with Crippen molar-refractivity contribution in [3.05, 3.63) is 23.8 Å². The molecular weight excluding hydrogens is 284 g/mol. The van der Waals surface area contributed by atoms with Crippen LogP contribution in [-0.4, -0.2) is 36.3 Å². The number of hydrogen-bond donors (Lipinski definition) is 1. The Kier molecular flexibility index (Phi) is 3.60. The maximum absolute atomic E-state index is 12.3. The molecular formula is C16H18N2O4. The first-order valence-electron chi connectivity index (χ1n) is 7.37. The van der Waals surface area contributed by atoms with Crippen LogP contribution in [0.25, 0.3) is 0 Å². The Balaban J connectivity index is 1.93. The molecule has 1 aromatic rings. The zero-order valence-corrected chi connectivity index (χ0v) is 12.6. The van der Waals surface area contributed by atoms with Crippen molar-refractivity contribution < 1.29 is 19.1 Å². The van der Waals surface area contributed by atoms with Crippen LogP contribution < -0.4 is 15.0 Å². The molecule has 1 aliphatic carbocycles. The van der Waals surface area contributed by atoms with Crippen LogP contribution in [0.15, 0.2) is 18.2 Å². The molecule has 1 N–H and O–H groups in total. The number of carbonyl (C=O) groups excluding carboxylic acids is 3. The number of carbonyl (C=O) groups is 3. The molecule has 1 aliphatic heterocycles. The number of ketones is 1. The van der Waals surface area contributed by atoms with Crippen molar-refractivity contribution in [2.45, 2.75) is 38.8 Å². The Labute approximate surface area is 128 Å². The summed E-state index contributed by atoms with van der Waals surface area (Å²) in [6.07, 6.45) is 1.97. The van der Waals surface area contributed by atoms with Gasteiger partial charge in [0.1, 0.15) is 11.8 Å². The van der Waals surface area contributed by atoms with Gasteiger partial charge in [-0.3, -0.25) is 19.3 Å². The Hall–Kier alpha value is -2.37. The zero-order chi connectivity index (χ0) is 15.9. The highest BCUT2D eigenvalue weighted by molar-refractivity contribution is 6.05. The topological polar surface area (TPSA) is 75.7 Å². The lowest BCUT2D eigenvalue weighted by Crippen LogP contribution is -2.51. The monoisotopic (exact) mass is 302 g/mol. The van der Waals surface area contributed by atoms with Gasteiger partial charge in [0.2, 0.25) is 5.91 Å². The van der Waals surface area contributed by atoms with Crippen LogP contribution in [0.1, 0.15) is 37.0 Å². The lowest BCUT2D eigenvalue weighted by molar-refractivity contribution is -0.127. The van der Waals surface area contributed by atoms with Crippen LogP contribution in [0.4, 0.5) is 5.69 Å². The highest BCUT2D eigenvalue weighted by Crippen LogP contribution is 2.34. The highest BCUT2D eigenvalue weighted by Gasteiger charge is 2.35. The first kappa shape index (κ1) is 14.6. The number of amides is 2. The lowest BCUT2D eigenvalue weighted by atomic mass is 10.1. The molecule has 0 radical (unpaired) electrons. The second-order valence-corrected chi connectivity index (χ2v) is 5.75. The molecule has 116 valence electrons. The van der Waals surface area contributed by atoms with Crippen LogP contribution in [0, 0.1) is 0 Å². The lowest BCUT2D eigenvalue weighted by Gasteiger charge is -2.33.